The molecule has 0 heterocycles. The van der Waals surface area contributed by atoms with Gasteiger partial charge in [-0.05, 0) is 54.4 Å². The Balaban J connectivity index is 4.14. The number of amides is 3. The molecule has 0 aliphatic heterocycles. The predicted octanol–water partition coefficient (Wildman–Crippen LogP) is 3.05. The number of hydrogen-bond donors (Lipinski definition) is 2. The Morgan fingerprint density at radius 1 is 0.778 bits per heavy atom. The highest BCUT2D eigenvalue weighted by Crippen LogP contribution is 2.07. The van der Waals surface area contributed by atoms with Crippen molar-refractivity contribution in [2.24, 2.45) is 0 Å². The molecule has 27 heavy (non-hydrogen) atoms. The van der Waals surface area contributed by atoms with Gasteiger partial charge in [0.05, 0.1) is 0 Å². The molecule has 8 heteroatoms. The SMILES string of the molecule is CCC(=O)N(CCCNC(=O)OC(C)(C)C)CCCNC(=O)OC(C)(C)C. The van der Waals surface area contributed by atoms with Crippen molar-refractivity contribution in [3.05, 3.63) is 0 Å². The molecule has 0 aromatic rings. The van der Waals surface area contributed by atoms with E-state index in [1.807, 2.05) is 6.92 Å². The molecule has 0 aromatic heterocycles. The van der Waals surface area contributed by atoms with Gasteiger partial charge in [-0.1, -0.05) is 6.92 Å². The molecule has 0 aliphatic rings. The predicted molar refractivity (Wildman–Crippen MR) is 105 cm³/mol. The fourth-order valence-corrected chi connectivity index (χ4v) is 2.13. The highest BCUT2D eigenvalue weighted by Gasteiger charge is 2.17. The van der Waals surface area contributed by atoms with Gasteiger partial charge in [0.2, 0.25) is 5.91 Å². The molecule has 3 amide bonds. The molecular formula is C19H37N3O5. The van der Waals surface area contributed by atoms with Crippen molar-refractivity contribution in [1.82, 2.24) is 15.5 Å². The summed E-state index contributed by atoms with van der Waals surface area (Å²) < 4.78 is 10.3. The summed E-state index contributed by atoms with van der Waals surface area (Å²) in [5.74, 6) is 0.0459. The maximum Gasteiger partial charge on any atom is 0.407 e. The summed E-state index contributed by atoms with van der Waals surface area (Å²) in [7, 11) is 0. The summed E-state index contributed by atoms with van der Waals surface area (Å²) in [5.41, 5.74) is -1.06. The van der Waals surface area contributed by atoms with Crippen molar-refractivity contribution in [3.8, 4) is 0 Å². The van der Waals surface area contributed by atoms with Gasteiger partial charge in [0.25, 0.3) is 0 Å². The number of rotatable bonds is 9. The van der Waals surface area contributed by atoms with Crippen LogP contribution >= 0.6 is 0 Å². The zero-order valence-corrected chi connectivity index (χ0v) is 17.9. The molecule has 0 aliphatic carbocycles. The molecule has 8 nitrogen and oxygen atoms in total. The van der Waals surface area contributed by atoms with Crippen LogP contribution in [0.25, 0.3) is 0 Å². The minimum atomic E-state index is -0.532. The van der Waals surface area contributed by atoms with Crippen molar-refractivity contribution >= 4 is 18.1 Å². The lowest BCUT2D eigenvalue weighted by molar-refractivity contribution is -0.130. The monoisotopic (exact) mass is 387 g/mol. The van der Waals surface area contributed by atoms with E-state index < -0.39 is 23.4 Å². The molecule has 0 unspecified atom stereocenters. The third kappa shape index (κ3) is 14.8. The third-order valence-corrected chi connectivity index (χ3v) is 3.20. The minimum absolute atomic E-state index is 0.0459. The molecule has 0 atom stereocenters. The van der Waals surface area contributed by atoms with Crippen molar-refractivity contribution < 1.29 is 23.9 Å². The third-order valence-electron chi connectivity index (χ3n) is 3.20. The van der Waals surface area contributed by atoms with Crippen molar-refractivity contribution in [3.63, 3.8) is 0 Å². The van der Waals surface area contributed by atoms with E-state index in [2.05, 4.69) is 10.6 Å². The van der Waals surface area contributed by atoms with Gasteiger partial charge in [0.15, 0.2) is 0 Å². The van der Waals surface area contributed by atoms with Gasteiger partial charge in [0, 0.05) is 32.6 Å². The van der Waals surface area contributed by atoms with E-state index in [4.69, 9.17) is 9.47 Å². The first-order chi connectivity index (χ1) is 12.3. The zero-order chi connectivity index (χ0) is 21.1. The van der Waals surface area contributed by atoms with Crippen LogP contribution in [0, 0.1) is 0 Å². The molecule has 0 aromatic carbocycles. The van der Waals surface area contributed by atoms with Gasteiger partial charge in [-0.3, -0.25) is 4.79 Å². The Bertz CT molecular complexity index is 445. The molecule has 0 rings (SSSR count). The van der Waals surface area contributed by atoms with Crippen LogP contribution in [0.5, 0.6) is 0 Å². The Hall–Kier alpha value is -1.99. The second-order valence-corrected chi connectivity index (χ2v) is 8.30. The Morgan fingerprint density at radius 3 is 1.44 bits per heavy atom. The van der Waals surface area contributed by atoms with Gasteiger partial charge in [-0.2, -0.15) is 0 Å². The Labute approximate surface area is 163 Å². The lowest BCUT2D eigenvalue weighted by Gasteiger charge is -2.23. The van der Waals surface area contributed by atoms with Gasteiger partial charge in [-0.15, -0.1) is 0 Å². The Morgan fingerprint density at radius 2 is 1.15 bits per heavy atom. The molecule has 0 spiro atoms. The summed E-state index contributed by atoms with van der Waals surface area (Å²) >= 11 is 0. The van der Waals surface area contributed by atoms with Crippen LogP contribution in [0.15, 0.2) is 0 Å². The van der Waals surface area contributed by atoms with E-state index in [0.717, 1.165) is 0 Å². The van der Waals surface area contributed by atoms with Crippen molar-refractivity contribution in [2.75, 3.05) is 26.2 Å². The highest BCUT2D eigenvalue weighted by atomic mass is 16.6. The molecule has 158 valence electrons. The minimum Gasteiger partial charge on any atom is -0.444 e. The van der Waals surface area contributed by atoms with E-state index in [1.54, 1.807) is 46.4 Å². The van der Waals surface area contributed by atoms with Gasteiger partial charge >= 0.3 is 12.2 Å². The number of hydrogen-bond acceptors (Lipinski definition) is 5. The number of alkyl carbamates (subject to hydrolysis) is 2. The van der Waals surface area contributed by atoms with E-state index in [-0.39, 0.29) is 5.91 Å². The molecule has 0 radical (unpaired) electrons. The summed E-state index contributed by atoms with van der Waals surface area (Å²) in [6.45, 7) is 14.6. The molecule has 0 bridgehead atoms. The molecule has 2 N–H and O–H groups in total. The molecular weight excluding hydrogens is 350 g/mol. The van der Waals surface area contributed by atoms with E-state index >= 15 is 0 Å². The smallest absolute Gasteiger partial charge is 0.407 e. The topological polar surface area (TPSA) is 97.0 Å². The summed E-state index contributed by atoms with van der Waals surface area (Å²) in [4.78, 5) is 37.0. The first-order valence-corrected chi connectivity index (χ1v) is 9.55. The first kappa shape index (κ1) is 25.0. The second kappa shape index (κ2) is 11.7. The van der Waals surface area contributed by atoms with Gasteiger partial charge < -0.3 is 25.0 Å². The average Bonchev–Trinajstić information content (AvgIpc) is 2.49. The van der Waals surface area contributed by atoms with Crippen LogP contribution in [0.4, 0.5) is 9.59 Å². The maximum atomic E-state index is 12.0. The standard InChI is InChI=1S/C19H37N3O5/c1-8-15(23)22(13-9-11-20-16(24)26-18(2,3)4)14-10-12-21-17(25)27-19(5,6)7/h8-14H2,1-7H3,(H,20,24)(H,21,25). The first-order valence-electron chi connectivity index (χ1n) is 9.55. The molecule has 0 saturated heterocycles. The lowest BCUT2D eigenvalue weighted by atomic mass is 10.2. The van der Waals surface area contributed by atoms with Crippen LogP contribution in [-0.2, 0) is 14.3 Å². The molecule has 0 fully saturated rings. The van der Waals surface area contributed by atoms with Crippen LogP contribution < -0.4 is 10.6 Å². The number of ether oxygens (including phenoxy) is 2. The van der Waals surface area contributed by atoms with E-state index in [0.29, 0.717) is 45.4 Å². The largest absolute Gasteiger partial charge is 0.444 e. The number of nitrogens with zero attached hydrogens (tertiary/aromatic N) is 1. The maximum absolute atomic E-state index is 12.0. The number of nitrogens with one attached hydrogen (secondary N) is 2. The molecule has 0 saturated carbocycles. The van der Waals surface area contributed by atoms with Crippen molar-refractivity contribution in [2.45, 2.75) is 78.9 Å². The van der Waals surface area contributed by atoms with Crippen LogP contribution in [-0.4, -0.2) is 60.4 Å². The second-order valence-electron chi connectivity index (χ2n) is 8.30. The van der Waals surface area contributed by atoms with E-state index in [9.17, 15) is 14.4 Å². The van der Waals surface area contributed by atoms with Crippen molar-refractivity contribution in [1.29, 1.82) is 0 Å². The fraction of sp³-hybridized carbons (Fsp3) is 0.842. The quantitative estimate of drug-likeness (QED) is 0.593. The van der Waals surface area contributed by atoms with Crippen LogP contribution in [0.3, 0.4) is 0 Å². The Kier molecular flexibility index (Phi) is 10.8. The number of carbonyl (C=O) groups is 3. The number of carbonyl (C=O) groups excluding carboxylic acids is 3. The summed E-state index contributed by atoms with van der Waals surface area (Å²) in [6, 6.07) is 0. The van der Waals surface area contributed by atoms with Crippen LogP contribution in [0.1, 0.15) is 67.7 Å². The summed E-state index contributed by atoms with van der Waals surface area (Å²) in [5, 5.41) is 5.37. The van der Waals surface area contributed by atoms with Gasteiger partial charge in [-0.25, -0.2) is 9.59 Å². The summed E-state index contributed by atoms with van der Waals surface area (Å²) in [6.07, 6.45) is 0.753. The van der Waals surface area contributed by atoms with Crippen LogP contribution in [0.2, 0.25) is 0 Å². The normalized spacial score (nSPS) is 11.5. The fourth-order valence-electron chi connectivity index (χ4n) is 2.13. The lowest BCUT2D eigenvalue weighted by Crippen LogP contribution is -2.38. The van der Waals surface area contributed by atoms with E-state index in [1.165, 1.54) is 0 Å². The zero-order valence-electron chi connectivity index (χ0n) is 17.9. The highest BCUT2D eigenvalue weighted by molar-refractivity contribution is 5.75. The average molecular weight is 388 g/mol. The van der Waals surface area contributed by atoms with Gasteiger partial charge in [0.1, 0.15) is 11.2 Å².